The van der Waals surface area contributed by atoms with Crippen molar-refractivity contribution in [3.8, 4) is 5.75 Å². The summed E-state index contributed by atoms with van der Waals surface area (Å²) in [6, 6.07) is 7.62. The highest BCUT2D eigenvalue weighted by Gasteiger charge is 2.26. The summed E-state index contributed by atoms with van der Waals surface area (Å²) in [5.41, 5.74) is 0. The van der Waals surface area contributed by atoms with Crippen molar-refractivity contribution in [3.63, 3.8) is 0 Å². The van der Waals surface area contributed by atoms with Crippen molar-refractivity contribution in [1.29, 1.82) is 0 Å². The van der Waals surface area contributed by atoms with Crippen LogP contribution in [0, 0.1) is 0 Å². The minimum absolute atomic E-state index is 0.0278. The molecule has 0 bridgehead atoms. The Kier molecular flexibility index (Phi) is 3.44. The van der Waals surface area contributed by atoms with Crippen LogP contribution in [0.2, 0.25) is 0 Å². The highest BCUT2D eigenvalue weighted by Crippen LogP contribution is 2.39. The Labute approximate surface area is 120 Å². The lowest BCUT2D eigenvalue weighted by molar-refractivity contribution is -0.131. The Bertz CT molecular complexity index is 671. The maximum absolute atomic E-state index is 12.6. The molecular weight excluding hydrogens is 274 g/mol. The summed E-state index contributed by atoms with van der Waals surface area (Å²) in [4.78, 5) is 26.2. The Hall–Kier alpha value is -1.88. The van der Waals surface area contributed by atoms with Crippen LogP contribution < -0.4 is 4.74 Å². The third-order valence-corrected chi connectivity index (χ3v) is 4.52. The van der Waals surface area contributed by atoms with Gasteiger partial charge in [-0.05, 0) is 25.0 Å². The molecule has 1 amide bonds. The molecule has 1 aromatic heterocycles. The smallest absolute Gasteiger partial charge is 0.308 e. The maximum Gasteiger partial charge on any atom is 0.308 e. The van der Waals surface area contributed by atoms with Crippen molar-refractivity contribution in [2.75, 3.05) is 13.1 Å². The van der Waals surface area contributed by atoms with E-state index in [0.717, 1.165) is 36.0 Å². The fourth-order valence-corrected chi connectivity index (χ4v) is 3.57. The molecule has 0 atom stereocenters. The monoisotopic (exact) mass is 289 g/mol. The zero-order chi connectivity index (χ0) is 14.1. The largest absolute Gasteiger partial charge is 0.424 e. The third-order valence-electron chi connectivity index (χ3n) is 3.38. The van der Waals surface area contributed by atoms with Crippen LogP contribution in [0.25, 0.3) is 10.1 Å². The van der Waals surface area contributed by atoms with Gasteiger partial charge in [-0.25, -0.2) is 0 Å². The quantitative estimate of drug-likeness (QED) is 0.798. The lowest BCUT2D eigenvalue weighted by Gasteiger charge is -2.14. The van der Waals surface area contributed by atoms with Gasteiger partial charge in [-0.3, -0.25) is 9.59 Å². The number of nitrogens with zero attached hydrogens (tertiary/aromatic N) is 1. The first-order valence-corrected chi connectivity index (χ1v) is 7.47. The van der Waals surface area contributed by atoms with E-state index in [1.807, 2.05) is 29.2 Å². The number of hydrogen-bond acceptors (Lipinski definition) is 4. The molecule has 0 N–H and O–H groups in total. The summed E-state index contributed by atoms with van der Waals surface area (Å²) in [5, 5.41) is 0.829. The van der Waals surface area contributed by atoms with Gasteiger partial charge in [-0.1, -0.05) is 12.1 Å². The van der Waals surface area contributed by atoms with E-state index in [9.17, 15) is 9.59 Å². The lowest BCUT2D eigenvalue weighted by Crippen LogP contribution is -2.27. The van der Waals surface area contributed by atoms with Crippen LogP contribution in [0.4, 0.5) is 0 Å². The number of thiophene rings is 1. The molecule has 1 aliphatic rings. The Balaban J connectivity index is 2.08. The molecule has 1 aromatic carbocycles. The molecule has 1 saturated heterocycles. The van der Waals surface area contributed by atoms with Crippen LogP contribution in [0.3, 0.4) is 0 Å². The summed E-state index contributed by atoms with van der Waals surface area (Å²) < 4.78 is 6.27. The van der Waals surface area contributed by atoms with E-state index in [-0.39, 0.29) is 5.91 Å². The zero-order valence-corrected chi connectivity index (χ0v) is 12.0. The van der Waals surface area contributed by atoms with E-state index in [4.69, 9.17) is 4.74 Å². The summed E-state index contributed by atoms with van der Waals surface area (Å²) in [7, 11) is 0. The number of ether oxygens (including phenoxy) is 1. The first-order chi connectivity index (χ1) is 9.66. The van der Waals surface area contributed by atoms with Gasteiger partial charge in [0.2, 0.25) is 0 Å². The van der Waals surface area contributed by atoms with E-state index >= 15 is 0 Å². The van der Waals surface area contributed by atoms with Gasteiger partial charge in [0.1, 0.15) is 4.88 Å². The number of hydrogen-bond donors (Lipinski definition) is 0. The molecule has 0 unspecified atom stereocenters. The van der Waals surface area contributed by atoms with Crippen LogP contribution in [-0.4, -0.2) is 29.9 Å². The molecule has 2 heterocycles. The van der Waals surface area contributed by atoms with Crippen LogP contribution >= 0.6 is 11.3 Å². The van der Waals surface area contributed by atoms with E-state index in [1.54, 1.807) is 0 Å². The normalized spacial score (nSPS) is 14.8. The average Bonchev–Trinajstić information content (AvgIpc) is 3.06. The third kappa shape index (κ3) is 2.29. The van der Waals surface area contributed by atoms with Gasteiger partial charge in [0.05, 0.1) is 0 Å². The second-order valence-electron chi connectivity index (χ2n) is 4.85. The second kappa shape index (κ2) is 5.25. The molecule has 2 aromatic rings. The van der Waals surface area contributed by atoms with Gasteiger partial charge in [0.15, 0.2) is 5.75 Å². The predicted molar refractivity (Wildman–Crippen MR) is 78.3 cm³/mol. The number of amides is 1. The van der Waals surface area contributed by atoms with Crippen molar-refractivity contribution in [2.45, 2.75) is 19.8 Å². The minimum Gasteiger partial charge on any atom is -0.424 e. The first kappa shape index (κ1) is 13.1. The molecule has 3 rings (SSSR count). The number of carbonyl (C=O) groups is 2. The van der Waals surface area contributed by atoms with E-state index in [1.165, 1.54) is 18.3 Å². The molecule has 0 aliphatic carbocycles. The standard InChI is InChI=1S/C15H15NO3S/c1-10(17)19-13-11-6-2-3-7-12(11)20-14(13)15(18)16-8-4-5-9-16/h2-3,6-7H,4-5,8-9H2,1H3. The Morgan fingerprint density at radius 2 is 1.90 bits per heavy atom. The fraction of sp³-hybridized carbons (Fsp3) is 0.333. The second-order valence-corrected chi connectivity index (χ2v) is 5.90. The van der Waals surface area contributed by atoms with Gasteiger partial charge in [-0.15, -0.1) is 11.3 Å². The molecule has 4 nitrogen and oxygen atoms in total. The van der Waals surface area contributed by atoms with Crippen LogP contribution in [-0.2, 0) is 4.79 Å². The minimum atomic E-state index is -0.399. The number of likely N-dealkylation sites (tertiary alicyclic amines) is 1. The number of fused-ring (bicyclic) bond motifs is 1. The molecule has 1 aliphatic heterocycles. The van der Waals surface area contributed by atoms with Crippen LogP contribution in [0.5, 0.6) is 5.75 Å². The number of esters is 1. The van der Waals surface area contributed by atoms with Crippen molar-refractivity contribution in [2.24, 2.45) is 0 Å². The predicted octanol–water partition coefficient (Wildman–Crippen LogP) is 3.06. The summed E-state index contributed by atoms with van der Waals surface area (Å²) >= 11 is 1.39. The number of benzene rings is 1. The van der Waals surface area contributed by atoms with Crippen molar-refractivity contribution >= 4 is 33.3 Å². The van der Waals surface area contributed by atoms with Crippen LogP contribution in [0.15, 0.2) is 24.3 Å². The zero-order valence-electron chi connectivity index (χ0n) is 11.2. The van der Waals surface area contributed by atoms with E-state index < -0.39 is 5.97 Å². The van der Waals surface area contributed by atoms with Crippen molar-refractivity contribution in [1.82, 2.24) is 4.90 Å². The molecule has 0 radical (unpaired) electrons. The summed E-state index contributed by atoms with van der Waals surface area (Å²) in [6.45, 7) is 2.93. The molecule has 20 heavy (non-hydrogen) atoms. The SMILES string of the molecule is CC(=O)Oc1c(C(=O)N2CCCC2)sc2ccccc12. The van der Waals surface area contributed by atoms with E-state index in [2.05, 4.69) is 0 Å². The molecular formula is C15H15NO3S. The summed E-state index contributed by atoms with van der Waals surface area (Å²) in [5.74, 6) is -0.0148. The van der Waals surface area contributed by atoms with Gasteiger partial charge in [-0.2, -0.15) is 0 Å². The molecule has 1 fully saturated rings. The van der Waals surface area contributed by atoms with E-state index in [0.29, 0.717) is 10.6 Å². The van der Waals surface area contributed by atoms with Crippen LogP contribution in [0.1, 0.15) is 29.4 Å². The van der Waals surface area contributed by atoms with Gasteiger partial charge in [0, 0.05) is 30.1 Å². The van der Waals surface area contributed by atoms with Crippen molar-refractivity contribution < 1.29 is 14.3 Å². The van der Waals surface area contributed by atoms with Gasteiger partial charge in [0.25, 0.3) is 5.91 Å². The topological polar surface area (TPSA) is 46.6 Å². The first-order valence-electron chi connectivity index (χ1n) is 6.66. The molecule has 5 heteroatoms. The summed E-state index contributed by atoms with van der Waals surface area (Å²) in [6.07, 6.45) is 2.08. The number of rotatable bonds is 2. The molecule has 0 saturated carbocycles. The highest BCUT2D eigenvalue weighted by atomic mass is 32.1. The number of carbonyl (C=O) groups excluding carboxylic acids is 2. The maximum atomic E-state index is 12.6. The van der Waals surface area contributed by atoms with Gasteiger partial charge < -0.3 is 9.64 Å². The van der Waals surface area contributed by atoms with Crippen molar-refractivity contribution in [3.05, 3.63) is 29.1 Å². The fourth-order valence-electron chi connectivity index (χ4n) is 2.47. The Morgan fingerprint density at radius 3 is 2.60 bits per heavy atom. The average molecular weight is 289 g/mol. The van der Waals surface area contributed by atoms with Gasteiger partial charge >= 0.3 is 5.97 Å². The lowest BCUT2D eigenvalue weighted by atomic mass is 10.2. The molecule has 104 valence electrons. The molecule has 0 spiro atoms. The Morgan fingerprint density at radius 1 is 1.20 bits per heavy atom. The highest BCUT2D eigenvalue weighted by molar-refractivity contribution is 7.21.